The summed E-state index contributed by atoms with van der Waals surface area (Å²) in [6.45, 7) is 16.0. The van der Waals surface area contributed by atoms with Crippen molar-refractivity contribution in [2.45, 2.75) is 64.8 Å². The Bertz CT molecular complexity index is 958. The minimum atomic E-state index is -0.294. The van der Waals surface area contributed by atoms with Crippen molar-refractivity contribution < 1.29 is 14.3 Å². The highest BCUT2D eigenvalue weighted by Crippen LogP contribution is 2.20. The minimum Gasteiger partial charge on any atom is -0.497 e. The largest absolute Gasteiger partial charge is 0.497 e. The SMILES string of the molecule is C=C(C)CCCC(=C)Oc1ccc(CC(NC(=C)CCc2ccc(OC)cc2)C(=O)CC)cc1. The third-order valence-corrected chi connectivity index (χ3v) is 5.67. The molecular weight excluding hydrogens is 422 g/mol. The second-order valence-corrected chi connectivity index (χ2v) is 8.77. The summed E-state index contributed by atoms with van der Waals surface area (Å²) in [5.74, 6) is 2.54. The number of benzene rings is 2. The second kappa shape index (κ2) is 14.1. The monoisotopic (exact) mass is 461 g/mol. The average molecular weight is 462 g/mol. The molecule has 0 heterocycles. The van der Waals surface area contributed by atoms with Gasteiger partial charge >= 0.3 is 0 Å². The summed E-state index contributed by atoms with van der Waals surface area (Å²) in [7, 11) is 1.66. The number of aryl methyl sites for hydroxylation is 1. The highest BCUT2D eigenvalue weighted by molar-refractivity contribution is 5.84. The molecule has 0 fully saturated rings. The van der Waals surface area contributed by atoms with Crippen LogP contribution in [0.15, 0.2) is 85.3 Å². The lowest BCUT2D eigenvalue weighted by Gasteiger charge is -2.20. The molecule has 4 nitrogen and oxygen atoms in total. The third kappa shape index (κ3) is 9.70. The number of carbonyl (C=O) groups excluding carboxylic acids is 1. The van der Waals surface area contributed by atoms with Gasteiger partial charge in [0.05, 0.1) is 18.9 Å². The fourth-order valence-electron chi connectivity index (χ4n) is 3.63. The van der Waals surface area contributed by atoms with Gasteiger partial charge in [-0.2, -0.15) is 0 Å². The molecule has 0 aromatic heterocycles. The predicted octanol–water partition coefficient (Wildman–Crippen LogP) is 6.96. The van der Waals surface area contributed by atoms with Crippen molar-refractivity contribution in [3.8, 4) is 11.5 Å². The first-order valence-corrected chi connectivity index (χ1v) is 12.0. The van der Waals surface area contributed by atoms with Gasteiger partial charge in [0, 0.05) is 18.5 Å². The lowest BCUT2D eigenvalue weighted by atomic mass is 10.00. The van der Waals surface area contributed by atoms with Gasteiger partial charge in [-0.05, 0) is 74.4 Å². The lowest BCUT2D eigenvalue weighted by molar-refractivity contribution is -0.120. The van der Waals surface area contributed by atoms with Gasteiger partial charge in [0.1, 0.15) is 11.5 Å². The van der Waals surface area contributed by atoms with Crippen LogP contribution in [0.25, 0.3) is 0 Å². The van der Waals surface area contributed by atoms with E-state index in [-0.39, 0.29) is 11.8 Å². The molecule has 0 aliphatic rings. The van der Waals surface area contributed by atoms with Crippen molar-refractivity contribution in [3.63, 3.8) is 0 Å². The van der Waals surface area contributed by atoms with E-state index in [1.165, 1.54) is 11.1 Å². The molecule has 0 saturated carbocycles. The molecule has 0 aliphatic carbocycles. The molecule has 4 heteroatoms. The maximum Gasteiger partial charge on any atom is 0.155 e. The topological polar surface area (TPSA) is 47.6 Å². The van der Waals surface area contributed by atoms with Gasteiger partial charge in [0.15, 0.2) is 5.78 Å². The molecule has 1 N–H and O–H groups in total. The molecule has 2 rings (SSSR count). The number of carbonyl (C=O) groups is 1. The summed E-state index contributed by atoms with van der Waals surface area (Å²) < 4.78 is 11.1. The summed E-state index contributed by atoms with van der Waals surface area (Å²) in [5, 5.41) is 3.37. The Morgan fingerprint density at radius 1 is 0.912 bits per heavy atom. The molecule has 2 aromatic carbocycles. The smallest absolute Gasteiger partial charge is 0.155 e. The van der Waals surface area contributed by atoms with Crippen LogP contribution in [0, 0.1) is 0 Å². The van der Waals surface area contributed by atoms with Crippen molar-refractivity contribution in [2.24, 2.45) is 0 Å². The zero-order valence-corrected chi connectivity index (χ0v) is 21.0. The van der Waals surface area contributed by atoms with Crippen molar-refractivity contribution in [2.75, 3.05) is 7.11 Å². The summed E-state index contributed by atoms with van der Waals surface area (Å²) in [4.78, 5) is 12.6. The van der Waals surface area contributed by atoms with Crippen molar-refractivity contribution in [1.29, 1.82) is 0 Å². The van der Waals surface area contributed by atoms with E-state index in [0.717, 1.165) is 60.6 Å². The molecule has 182 valence electrons. The van der Waals surface area contributed by atoms with Crippen LogP contribution in [-0.2, 0) is 17.6 Å². The number of ketones is 1. The van der Waals surface area contributed by atoms with Crippen LogP contribution in [-0.4, -0.2) is 18.9 Å². The molecule has 2 aromatic rings. The van der Waals surface area contributed by atoms with Crippen LogP contribution < -0.4 is 14.8 Å². The number of allylic oxidation sites excluding steroid dienone is 3. The molecule has 0 spiro atoms. The maximum atomic E-state index is 12.6. The molecule has 0 saturated heterocycles. The fourth-order valence-corrected chi connectivity index (χ4v) is 3.63. The number of Topliss-reactive ketones (excluding diaryl/α,β-unsaturated/α-hetero) is 1. The molecule has 0 radical (unpaired) electrons. The zero-order valence-electron chi connectivity index (χ0n) is 21.0. The quantitative estimate of drug-likeness (QED) is 0.217. The van der Waals surface area contributed by atoms with E-state index < -0.39 is 0 Å². The molecular formula is C30H39NO3. The number of hydrogen-bond donors (Lipinski definition) is 1. The molecule has 0 amide bonds. The van der Waals surface area contributed by atoms with Crippen LogP contribution >= 0.6 is 0 Å². The predicted molar refractivity (Wildman–Crippen MR) is 141 cm³/mol. The van der Waals surface area contributed by atoms with Gasteiger partial charge in [-0.25, -0.2) is 0 Å². The van der Waals surface area contributed by atoms with Crippen molar-refractivity contribution in [3.05, 3.63) is 96.4 Å². The Morgan fingerprint density at radius 2 is 1.53 bits per heavy atom. The van der Waals surface area contributed by atoms with Crippen LogP contribution in [0.3, 0.4) is 0 Å². The van der Waals surface area contributed by atoms with Crippen LogP contribution in [0.5, 0.6) is 11.5 Å². The van der Waals surface area contributed by atoms with E-state index in [2.05, 4.69) is 37.2 Å². The van der Waals surface area contributed by atoms with Gasteiger partial charge in [0.2, 0.25) is 0 Å². The number of hydrogen-bond acceptors (Lipinski definition) is 4. The zero-order chi connectivity index (χ0) is 24.9. The van der Waals surface area contributed by atoms with Crippen LogP contribution in [0.4, 0.5) is 0 Å². The van der Waals surface area contributed by atoms with Gasteiger partial charge in [-0.3, -0.25) is 4.79 Å². The Hall–Kier alpha value is -3.27. The van der Waals surface area contributed by atoms with Crippen LogP contribution in [0.1, 0.15) is 57.1 Å². The molecule has 1 atom stereocenters. The first-order chi connectivity index (χ1) is 16.3. The number of nitrogens with one attached hydrogen (secondary N) is 1. The van der Waals surface area contributed by atoms with Crippen LogP contribution in [0.2, 0.25) is 0 Å². The highest BCUT2D eigenvalue weighted by Gasteiger charge is 2.18. The minimum absolute atomic E-state index is 0.178. The number of methoxy groups -OCH3 is 1. The molecule has 0 bridgehead atoms. The fraction of sp³-hybridized carbons (Fsp3) is 0.367. The normalized spacial score (nSPS) is 11.4. The first kappa shape index (κ1) is 27.0. The average Bonchev–Trinajstić information content (AvgIpc) is 2.83. The van der Waals surface area contributed by atoms with E-state index >= 15 is 0 Å². The van der Waals surface area contributed by atoms with Crippen molar-refractivity contribution in [1.82, 2.24) is 5.32 Å². The first-order valence-electron chi connectivity index (χ1n) is 12.0. The number of rotatable bonds is 16. The Balaban J connectivity index is 1.88. The Kier molecular flexibility index (Phi) is 11.2. The van der Waals surface area contributed by atoms with Gasteiger partial charge in [-0.1, -0.05) is 49.9 Å². The van der Waals surface area contributed by atoms with E-state index in [4.69, 9.17) is 9.47 Å². The second-order valence-electron chi connectivity index (χ2n) is 8.77. The molecule has 34 heavy (non-hydrogen) atoms. The van der Waals surface area contributed by atoms with Gasteiger partial charge in [-0.15, -0.1) is 6.58 Å². The maximum absolute atomic E-state index is 12.6. The summed E-state index contributed by atoms with van der Waals surface area (Å²) in [5.41, 5.74) is 4.32. The van der Waals surface area contributed by atoms with E-state index in [1.807, 2.05) is 50.2 Å². The van der Waals surface area contributed by atoms with E-state index in [9.17, 15) is 4.79 Å². The molecule has 1 unspecified atom stereocenters. The van der Waals surface area contributed by atoms with Gasteiger partial charge < -0.3 is 14.8 Å². The van der Waals surface area contributed by atoms with Gasteiger partial charge in [0.25, 0.3) is 0 Å². The third-order valence-electron chi connectivity index (χ3n) is 5.67. The number of ether oxygens (including phenoxy) is 2. The lowest BCUT2D eigenvalue weighted by Crippen LogP contribution is -2.37. The van der Waals surface area contributed by atoms with Crippen molar-refractivity contribution >= 4 is 5.78 Å². The van der Waals surface area contributed by atoms with E-state index in [1.54, 1.807) is 7.11 Å². The summed E-state index contributed by atoms with van der Waals surface area (Å²) in [6, 6.07) is 15.6. The highest BCUT2D eigenvalue weighted by atomic mass is 16.5. The standard InChI is InChI=1S/C30H39NO3/c1-7-30(32)29(31-23(4)11-12-25-13-17-27(33-6)18-14-25)21-26-15-19-28(20-16-26)34-24(5)10-8-9-22(2)3/h13-20,29,31H,2,4-5,7-12,21H2,1,3,6H3. The molecule has 0 aliphatic heterocycles. The Morgan fingerprint density at radius 3 is 2.12 bits per heavy atom. The van der Waals surface area contributed by atoms with E-state index in [0.29, 0.717) is 12.8 Å². The summed E-state index contributed by atoms with van der Waals surface area (Å²) in [6.07, 6.45) is 5.48. The summed E-state index contributed by atoms with van der Waals surface area (Å²) >= 11 is 0. The Labute approximate surface area is 205 Å².